The van der Waals surface area contributed by atoms with Crippen LogP contribution in [-0.2, 0) is 11.3 Å². The Kier molecular flexibility index (Phi) is 2.42. The van der Waals surface area contributed by atoms with E-state index >= 15 is 0 Å². The molecule has 1 amide bonds. The normalized spacial score (nSPS) is 28.1. The van der Waals surface area contributed by atoms with Crippen molar-refractivity contribution in [3.8, 4) is 0 Å². The van der Waals surface area contributed by atoms with Crippen LogP contribution in [0.5, 0.6) is 0 Å². The third-order valence-corrected chi connectivity index (χ3v) is 3.99. The minimum atomic E-state index is 0.0999. The van der Waals surface area contributed by atoms with Crippen LogP contribution in [0.3, 0.4) is 0 Å². The number of hydrogen-bond acceptors (Lipinski definition) is 3. The lowest BCUT2D eigenvalue weighted by molar-refractivity contribution is -0.135. The molecule has 90 valence electrons. The average molecular weight is 231 g/mol. The van der Waals surface area contributed by atoms with Crippen LogP contribution in [-0.4, -0.2) is 36.5 Å². The largest absolute Gasteiger partial charge is 0.326 e. The van der Waals surface area contributed by atoms with Crippen LogP contribution in [0.1, 0.15) is 12.0 Å². The van der Waals surface area contributed by atoms with E-state index in [4.69, 9.17) is 5.73 Å². The van der Waals surface area contributed by atoms with Gasteiger partial charge < -0.3 is 10.6 Å². The van der Waals surface area contributed by atoms with Gasteiger partial charge in [-0.25, -0.2) is 0 Å². The van der Waals surface area contributed by atoms with E-state index in [9.17, 15) is 4.79 Å². The lowest BCUT2D eigenvalue weighted by Gasteiger charge is -2.53. The topological polar surface area (TPSA) is 49.6 Å². The van der Waals surface area contributed by atoms with Crippen molar-refractivity contribution in [2.75, 3.05) is 18.5 Å². The summed E-state index contributed by atoms with van der Waals surface area (Å²) in [6.45, 7) is 1.36. The molecule has 4 rings (SSSR count). The molecular weight excluding hydrogens is 214 g/mol. The third-order valence-electron chi connectivity index (χ3n) is 3.99. The number of amides is 1. The first-order valence-electron chi connectivity index (χ1n) is 6.03. The molecule has 2 unspecified atom stereocenters. The number of carbonyl (C=O) groups is 1. The summed E-state index contributed by atoms with van der Waals surface area (Å²) in [5.74, 6) is 0.232. The third kappa shape index (κ3) is 1.56. The highest BCUT2D eigenvalue weighted by Crippen LogP contribution is 2.33. The van der Waals surface area contributed by atoms with Crippen molar-refractivity contribution in [1.29, 1.82) is 0 Å². The molecule has 2 N–H and O–H groups in total. The fourth-order valence-corrected chi connectivity index (χ4v) is 2.71. The smallest absolute Gasteiger partial charge is 0.244 e. The van der Waals surface area contributed by atoms with Crippen molar-refractivity contribution in [3.63, 3.8) is 0 Å². The minimum Gasteiger partial charge on any atom is -0.326 e. The van der Waals surface area contributed by atoms with Crippen LogP contribution in [0.15, 0.2) is 24.3 Å². The summed E-state index contributed by atoms with van der Waals surface area (Å²) < 4.78 is 0. The lowest BCUT2D eigenvalue weighted by atomic mass is 9.87. The number of piperidine rings is 1. The Morgan fingerprint density at radius 3 is 2.59 bits per heavy atom. The first-order chi connectivity index (χ1) is 8.20. The highest BCUT2D eigenvalue weighted by atomic mass is 16.2. The highest BCUT2D eigenvalue weighted by molar-refractivity contribution is 5.99. The molecule has 1 aromatic rings. The van der Waals surface area contributed by atoms with Crippen molar-refractivity contribution >= 4 is 11.6 Å². The molecule has 17 heavy (non-hydrogen) atoms. The summed E-state index contributed by atoms with van der Waals surface area (Å²) >= 11 is 0. The molecule has 2 bridgehead atoms. The molecule has 3 heterocycles. The summed E-state index contributed by atoms with van der Waals surface area (Å²) in [7, 11) is 2.03. The maximum absolute atomic E-state index is 12.2. The summed E-state index contributed by atoms with van der Waals surface area (Å²) in [5.41, 5.74) is 7.66. The Labute approximate surface area is 101 Å². The minimum absolute atomic E-state index is 0.0999. The Morgan fingerprint density at radius 2 is 2.06 bits per heavy atom. The van der Waals surface area contributed by atoms with Gasteiger partial charge in [0.15, 0.2) is 0 Å². The first kappa shape index (κ1) is 10.7. The van der Waals surface area contributed by atoms with Gasteiger partial charge in [0.25, 0.3) is 0 Å². The Hall–Kier alpha value is -1.39. The number of piperazine rings is 1. The number of rotatable bonds is 2. The second kappa shape index (κ2) is 3.82. The second-order valence-electron chi connectivity index (χ2n) is 4.89. The molecule has 3 saturated heterocycles. The monoisotopic (exact) mass is 231 g/mol. The van der Waals surface area contributed by atoms with Gasteiger partial charge in [-0.2, -0.15) is 0 Å². The van der Waals surface area contributed by atoms with Crippen molar-refractivity contribution in [3.05, 3.63) is 29.8 Å². The van der Waals surface area contributed by atoms with Gasteiger partial charge in [0.2, 0.25) is 5.91 Å². The van der Waals surface area contributed by atoms with Gasteiger partial charge in [-0.05, 0) is 31.2 Å². The second-order valence-corrected chi connectivity index (χ2v) is 4.89. The molecule has 0 aliphatic carbocycles. The van der Waals surface area contributed by atoms with E-state index in [1.807, 2.05) is 36.2 Å². The molecule has 4 heteroatoms. The van der Waals surface area contributed by atoms with Gasteiger partial charge in [-0.1, -0.05) is 12.1 Å². The van der Waals surface area contributed by atoms with E-state index in [2.05, 4.69) is 4.90 Å². The molecule has 0 aromatic heterocycles. The quantitative estimate of drug-likeness (QED) is 0.809. The van der Waals surface area contributed by atoms with E-state index in [0.717, 1.165) is 24.2 Å². The van der Waals surface area contributed by atoms with Gasteiger partial charge in [-0.15, -0.1) is 0 Å². The Balaban J connectivity index is 1.82. The zero-order valence-corrected chi connectivity index (χ0v) is 9.97. The summed E-state index contributed by atoms with van der Waals surface area (Å²) in [6.07, 6.45) is 1.02. The van der Waals surface area contributed by atoms with Crippen LogP contribution in [0.4, 0.5) is 5.69 Å². The molecular formula is C13H17N3O. The number of fused-ring (bicyclic) bond motifs is 2. The summed E-state index contributed by atoms with van der Waals surface area (Å²) in [4.78, 5) is 16.3. The van der Waals surface area contributed by atoms with E-state index in [1.165, 1.54) is 0 Å². The van der Waals surface area contributed by atoms with E-state index < -0.39 is 0 Å². The molecule has 0 spiro atoms. The number of benzene rings is 1. The highest BCUT2D eigenvalue weighted by Gasteiger charge is 2.48. The number of hydrogen-bond donors (Lipinski definition) is 1. The van der Waals surface area contributed by atoms with Gasteiger partial charge in [0.1, 0.15) is 0 Å². The predicted molar refractivity (Wildman–Crippen MR) is 66.6 cm³/mol. The SMILES string of the molecule is CN1C2CC1C(=O)N(c1ccc(CN)cc1)C2. The van der Waals surface area contributed by atoms with Crippen LogP contribution in [0.25, 0.3) is 0 Å². The van der Waals surface area contributed by atoms with Gasteiger partial charge >= 0.3 is 0 Å². The molecule has 0 radical (unpaired) electrons. The fourth-order valence-electron chi connectivity index (χ4n) is 2.71. The molecule has 3 aliphatic heterocycles. The zero-order chi connectivity index (χ0) is 12.0. The number of nitrogens with two attached hydrogens (primary N) is 1. The van der Waals surface area contributed by atoms with Crippen LogP contribution >= 0.6 is 0 Å². The maximum atomic E-state index is 12.2. The number of anilines is 1. The van der Waals surface area contributed by atoms with E-state index in [1.54, 1.807) is 0 Å². The van der Waals surface area contributed by atoms with Crippen molar-refractivity contribution < 1.29 is 4.79 Å². The van der Waals surface area contributed by atoms with Crippen molar-refractivity contribution in [2.24, 2.45) is 5.73 Å². The first-order valence-corrected chi connectivity index (χ1v) is 6.03. The van der Waals surface area contributed by atoms with Gasteiger partial charge in [-0.3, -0.25) is 9.69 Å². The van der Waals surface area contributed by atoms with Gasteiger partial charge in [0, 0.05) is 24.8 Å². The average Bonchev–Trinajstić information content (AvgIpc) is 2.38. The fraction of sp³-hybridized carbons (Fsp3) is 0.462. The van der Waals surface area contributed by atoms with Crippen LogP contribution < -0.4 is 10.6 Å². The molecule has 3 aliphatic rings. The molecule has 1 aromatic carbocycles. The van der Waals surface area contributed by atoms with E-state index in [-0.39, 0.29) is 11.9 Å². The van der Waals surface area contributed by atoms with Crippen molar-refractivity contribution in [2.45, 2.75) is 25.0 Å². The molecule has 2 atom stereocenters. The molecule has 4 nitrogen and oxygen atoms in total. The maximum Gasteiger partial charge on any atom is 0.244 e. The summed E-state index contributed by atoms with van der Waals surface area (Å²) in [6, 6.07) is 8.60. The number of nitrogens with zero attached hydrogens (tertiary/aromatic N) is 2. The summed E-state index contributed by atoms with van der Waals surface area (Å²) in [5, 5.41) is 0. The van der Waals surface area contributed by atoms with E-state index in [0.29, 0.717) is 12.6 Å². The molecule has 3 fully saturated rings. The van der Waals surface area contributed by atoms with Crippen LogP contribution in [0, 0.1) is 0 Å². The number of carbonyl (C=O) groups excluding carboxylic acids is 1. The molecule has 0 saturated carbocycles. The lowest BCUT2D eigenvalue weighted by Crippen LogP contribution is -2.70. The van der Waals surface area contributed by atoms with Crippen molar-refractivity contribution in [1.82, 2.24) is 4.90 Å². The van der Waals surface area contributed by atoms with Gasteiger partial charge in [0.05, 0.1) is 6.04 Å². The zero-order valence-electron chi connectivity index (χ0n) is 9.97. The Morgan fingerprint density at radius 1 is 1.35 bits per heavy atom. The standard InChI is InChI=1S/C13H17N3O/c1-15-11-6-12(15)13(17)16(8-11)10-4-2-9(7-14)3-5-10/h2-5,11-12H,6-8,14H2,1H3. The predicted octanol–water partition coefficient (Wildman–Crippen LogP) is 0.565. The number of likely N-dealkylation sites (N-methyl/N-ethyl adjacent to an activating group) is 1. The Bertz CT molecular complexity index is 442. The van der Waals surface area contributed by atoms with Crippen LogP contribution in [0.2, 0.25) is 0 Å².